The smallest absolute Gasteiger partial charge is 0.252 e. The quantitative estimate of drug-likeness (QED) is 0.0629. The maximum Gasteiger partial charge on any atom is 0.252 e. The van der Waals surface area contributed by atoms with Crippen LogP contribution in [-0.2, 0) is 45.3 Å². The van der Waals surface area contributed by atoms with Gasteiger partial charge in [-0.05, 0) is 313 Å². The van der Waals surface area contributed by atoms with Gasteiger partial charge in [-0.25, -0.2) is 0 Å². The molecule has 0 bridgehead atoms. The van der Waals surface area contributed by atoms with E-state index in [4.69, 9.17) is 0 Å². The number of aryl methyl sites for hydroxylation is 4. The van der Waals surface area contributed by atoms with Gasteiger partial charge in [0.2, 0.25) is 0 Å². The lowest BCUT2D eigenvalue weighted by Crippen LogP contribution is -2.61. The standard InChI is InChI=1S/C64H74BN3.C58H60BN3/c1-14-15-16-17-19-44-22-31-51(32-23-44)67-57-41-39-53(66(49-33-24-45(25-34-49)61(2,3)4)50-35-26-46(27-36-50)62(5,6)7)43-55(57)65-54-42-48(64(11,12)13)30-40-56(54)68(59-21-18-20-58(67)60(59)65)52-37-28-47(29-38-52)63(8,9)10;1-10-11-12-13-15-40-20-25-43(26-21-40)61-54-17-14-16-53-56(54)59(49-36-42(58(7,8)9)24-33-52(49)60(53)44-27-22-41(23-28-44)57(4,5)6)48-30-29-45(37-55(48)61)62-50-31-18-38(2)34-46(50)47-35-39(3)19-32-51(47)62/h18,20-43H,14-17,19H2,1-13H3;14,16-37H,10-13,15H2,1-9H3. The Morgan fingerprint density at radius 2 is 0.554 bits per heavy atom. The van der Waals surface area contributed by atoms with Crippen molar-refractivity contribution in [2.24, 2.45) is 0 Å². The van der Waals surface area contributed by atoms with Crippen molar-refractivity contribution < 1.29 is 0 Å². The number of fused-ring (bicyclic) bond motifs is 11. The Balaban J connectivity index is 0.000000176. The Labute approximate surface area is 778 Å². The van der Waals surface area contributed by atoms with Crippen molar-refractivity contribution >= 4 is 153 Å². The zero-order valence-corrected chi connectivity index (χ0v) is 81.6. The topological polar surface area (TPSA) is 21.1 Å². The van der Waals surface area contributed by atoms with E-state index in [1.165, 1.54) is 236 Å². The van der Waals surface area contributed by atoms with Gasteiger partial charge in [-0.3, -0.25) is 0 Å². The summed E-state index contributed by atoms with van der Waals surface area (Å²) in [7, 11) is 0. The van der Waals surface area contributed by atoms with Gasteiger partial charge in [-0.1, -0.05) is 316 Å². The van der Waals surface area contributed by atoms with E-state index in [9.17, 15) is 0 Å². The van der Waals surface area contributed by atoms with Crippen LogP contribution in [0, 0.1) is 13.8 Å². The summed E-state index contributed by atoms with van der Waals surface area (Å²) in [6.45, 7) is 50.6. The largest absolute Gasteiger partial charge is 0.311 e. The molecule has 0 radical (unpaired) electrons. The van der Waals surface area contributed by atoms with E-state index in [2.05, 4.69) is 473 Å². The van der Waals surface area contributed by atoms with Gasteiger partial charge < -0.3 is 29.1 Å². The summed E-state index contributed by atoms with van der Waals surface area (Å²) < 4.78 is 2.49. The fraction of sp³-hybridized carbons (Fsp3) is 0.311. The molecule has 0 spiro atoms. The molecule has 0 amide bonds. The van der Waals surface area contributed by atoms with Gasteiger partial charge in [0.05, 0.1) is 11.0 Å². The molecule has 8 heteroatoms. The van der Waals surface area contributed by atoms with E-state index in [-0.39, 0.29) is 45.9 Å². The van der Waals surface area contributed by atoms with Crippen LogP contribution < -0.4 is 57.3 Å². The third-order valence-electron chi connectivity index (χ3n) is 28.3. The molecule has 0 saturated carbocycles. The lowest BCUT2D eigenvalue weighted by molar-refractivity contribution is 0.590. The minimum atomic E-state index is -0.0348. The number of hydrogen-bond donors (Lipinski definition) is 0. The summed E-state index contributed by atoms with van der Waals surface area (Å²) >= 11 is 0. The lowest BCUT2D eigenvalue weighted by atomic mass is 9.33. The summed E-state index contributed by atoms with van der Waals surface area (Å²) in [5.41, 5.74) is 43.3. The molecule has 0 aliphatic carbocycles. The molecule has 0 N–H and O–H groups in total. The van der Waals surface area contributed by atoms with Crippen LogP contribution >= 0.6 is 0 Å². The Kier molecular flexibility index (Phi) is 23.4. The third-order valence-corrected chi connectivity index (χ3v) is 28.3. The van der Waals surface area contributed by atoms with E-state index in [0.29, 0.717) is 0 Å². The predicted octanol–water partition coefficient (Wildman–Crippen LogP) is 30.8. The molecule has 4 aliphatic heterocycles. The summed E-state index contributed by atoms with van der Waals surface area (Å²) in [4.78, 5) is 12.7. The first-order valence-corrected chi connectivity index (χ1v) is 48.5. The molecule has 19 rings (SSSR count). The highest BCUT2D eigenvalue weighted by atomic mass is 15.2. The maximum absolute atomic E-state index is 2.57. The van der Waals surface area contributed by atoms with E-state index in [0.717, 1.165) is 29.9 Å². The van der Waals surface area contributed by atoms with Gasteiger partial charge in [0.1, 0.15) is 0 Å². The summed E-state index contributed by atoms with van der Waals surface area (Å²) in [6, 6.07) is 113. The normalized spacial score (nSPS) is 13.5. The monoisotopic (exact) mass is 1710 g/mol. The molecule has 130 heavy (non-hydrogen) atoms. The molecule has 658 valence electrons. The number of unbranched alkanes of at least 4 members (excludes halogenated alkanes) is 6. The Bertz CT molecular complexity index is 6590. The van der Waals surface area contributed by atoms with Crippen LogP contribution in [0.3, 0.4) is 0 Å². The van der Waals surface area contributed by atoms with Crippen molar-refractivity contribution in [3.63, 3.8) is 0 Å². The van der Waals surface area contributed by atoms with Crippen LogP contribution in [0.2, 0.25) is 0 Å². The number of rotatable bonds is 18. The van der Waals surface area contributed by atoms with Crippen LogP contribution in [0.4, 0.5) is 85.3 Å². The Morgan fingerprint density at radius 3 is 0.915 bits per heavy atom. The molecule has 14 aromatic carbocycles. The molecular formula is C122H134B2N6. The fourth-order valence-corrected chi connectivity index (χ4v) is 20.7. The fourth-order valence-electron chi connectivity index (χ4n) is 20.7. The van der Waals surface area contributed by atoms with Gasteiger partial charge in [-0.15, -0.1) is 0 Å². The summed E-state index contributed by atoms with van der Waals surface area (Å²) in [5.74, 6) is 0. The van der Waals surface area contributed by atoms with Crippen molar-refractivity contribution in [3.8, 4) is 5.69 Å². The second-order valence-electron chi connectivity index (χ2n) is 44.0. The predicted molar refractivity (Wildman–Crippen MR) is 567 cm³/mol. The molecule has 0 fully saturated rings. The second kappa shape index (κ2) is 34.4. The third kappa shape index (κ3) is 16.8. The first-order chi connectivity index (χ1) is 62.0. The van der Waals surface area contributed by atoms with Gasteiger partial charge in [0.25, 0.3) is 13.4 Å². The van der Waals surface area contributed by atoms with Crippen molar-refractivity contribution in [1.82, 2.24) is 4.57 Å². The Hall–Kier alpha value is -12.0. The van der Waals surface area contributed by atoms with Crippen LogP contribution in [0.15, 0.2) is 291 Å². The average molecular weight is 1710 g/mol. The van der Waals surface area contributed by atoms with Crippen LogP contribution in [-0.4, -0.2) is 18.0 Å². The first kappa shape index (κ1) is 88.6. The highest BCUT2D eigenvalue weighted by Crippen LogP contribution is 2.51. The Morgan fingerprint density at radius 1 is 0.246 bits per heavy atom. The van der Waals surface area contributed by atoms with E-state index in [1.807, 2.05) is 0 Å². The number of anilines is 15. The molecule has 5 heterocycles. The first-order valence-electron chi connectivity index (χ1n) is 48.5. The van der Waals surface area contributed by atoms with Crippen molar-refractivity contribution in [3.05, 3.63) is 347 Å². The van der Waals surface area contributed by atoms with Gasteiger partial charge in [-0.2, -0.15) is 0 Å². The maximum atomic E-state index is 2.57. The highest BCUT2D eigenvalue weighted by Gasteiger charge is 2.47. The molecule has 15 aromatic rings. The molecule has 4 aliphatic rings. The molecule has 0 unspecified atom stereocenters. The van der Waals surface area contributed by atoms with Crippen LogP contribution in [0.5, 0.6) is 0 Å². The lowest BCUT2D eigenvalue weighted by Gasteiger charge is -2.44. The van der Waals surface area contributed by atoms with Crippen molar-refractivity contribution in [1.29, 1.82) is 0 Å². The van der Waals surface area contributed by atoms with Crippen molar-refractivity contribution in [2.45, 2.75) is 249 Å². The van der Waals surface area contributed by atoms with Crippen molar-refractivity contribution in [2.75, 3.05) is 24.5 Å². The number of nitrogens with zero attached hydrogens (tertiary/aromatic N) is 6. The molecule has 6 nitrogen and oxygen atoms in total. The average Bonchev–Trinajstić information content (AvgIpc) is 0.850. The van der Waals surface area contributed by atoms with E-state index < -0.39 is 0 Å². The van der Waals surface area contributed by atoms with Crippen LogP contribution in [0.1, 0.15) is 245 Å². The number of hydrogen-bond acceptors (Lipinski definition) is 5. The zero-order chi connectivity index (χ0) is 91.4. The van der Waals surface area contributed by atoms with E-state index >= 15 is 0 Å². The summed E-state index contributed by atoms with van der Waals surface area (Å²) in [6.07, 6.45) is 12.4. The molecule has 1 aromatic heterocycles. The van der Waals surface area contributed by atoms with Gasteiger partial charge in [0, 0.05) is 102 Å². The van der Waals surface area contributed by atoms with Crippen LogP contribution in [0.25, 0.3) is 27.5 Å². The van der Waals surface area contributed by atoms with Gasteiger partial charge in [0.15, 0.2) is 0 Å². The number of benzene rings is 14. The van der Waals surface area contributed by atoms with E-state index in [1.54, 1.807) is 0 Å². The molecular weight excluding hydrogens is 1570 g/mol. The minimum Gasteiger partial charge on any atom is -0.311 e. The SMILES string of the molecule is CCCCCCc1ccc(N2c3cc(-n4c5ccc(C)cc5c5cc(C)ccc54)ccc3B3c4cc(C(C)(C)C)ccc4N(c4ccc(C(C)(C)C)cc4)c4cccc2c43)cc1.CCCCCCc1ccc(N2c3ccc(N(c4ccc(C(C)(C)C)cc4)c4ccc(C(C)(C)C)cc4)cc3B3c4cc(C(C)(C)C)ccc4N(c4ccc(C(C)(C)C)cc4)c4cccc2c43)cc1. The second-order valence-corrected chi connectivity index (χ2v) is 44.0. The summed E-state index contributed by atoms with van der Waals surface area (Å²) in [5, 5.41) is 2.60. The molecule has 0 atom stereocenters. The number of aromatic nitrogens is 1. The zero-order valence-electron chi connectivity index (χ0n) is 81.6. The minimum absolute atomic E-state index is 0.00701. The molecule has 0 saturated heterocycles. The van der Waals surface area contributed by atoms with Gasteiger partial charge >= 0.3 is 0 Å². The highest BCUT2D eigenvalue weighted by molar-refractivity contribution is 7.01.